The van der Waals surface area contributed by atoms with Gasteiger partial charge in [-0.3, -0.25) is 4.79 Å². The van der Waals surface area contributed by atoms with E-state index in [-0.39, 0.29) is 31.8 Å². The number of halogens is 2. The number of aryl methyl sites for hydroxylation is 1. The van der Waals surface area contributed by atoms with Gasteiger partial charge < -0.3 is 14.5 Å². The highest BCUT2D eigenvalue weighted by Crippen LogP contribution is 2.32. The molecule has 1 atom stereocenters. The minimum absolute atomic E-state index is 0.0769. The Hall–Kier alpha value is -1.87. The number of piperidine rings is 1. The number of morpholine rings is 1. The summed E-state index contributed by atoms with van der Waals surface area (Å²) in [5.74, 6) is -2.07. The molecule has 140 valence electrons. The second kappa shape index (κ2) is 6.70. The van der Waals surface area contributed by atoms with Crippen molar-refractivity contribution in [3.8, 4) is 0 Å². The lowest BCUT2D eigenvalue weighted by Gasteiger charge is -2.38. The number of thiophene rings is 1. The molecule has 2 aliphatic heterocycles. The third-order valence-corrected chi connectivity index (χ3v) is 6.04. The normalized spacial score (nSPS) is 23.4. The molecular formula is C17H20F2N4O2S. The Kier molecular flexibility index (Phi) is 4.52. The van der Waals surface area contributed by atoms with E-state index in [1.807, 2.05) is 17.2 Å². The number of rotatable bonds is 2. The Morgan fingerprint density at radius 2 is 2.08 bits per heavy atom. The first kappa shape index (κ1) is 17.5. The van der Waals surface area contributed by atoms with E-state index in [0.717, 1.165) is 21.6 Å². The summed E-state index contributed by atoms with van der Waals surface area (Å²) in [5, 5.41) is 2.04. The molecule has 2 saturated heterocycles. The van der Waals surface area contributed by atoms with Crippen LogP contribution in [0.15, 0.2) is 11.7 Å². The molecule has 0 aliphatic carbocycles. The molecule has 0 bridgehead atoms. The van der Waals surface area contributed by atoms with Crippen molar-refractivity contribution in [3.05, 3.63) is 17.3 Å². The molecule has 6 nitrogen and oxygen atoms in total. The maximum Gasteiger partial charge on any atom is 0.253 e. The smallest absolute Gasteiger partial charge is 0.253 e. The van der Waals surface area contributed by atoms with Crippen LogP contribution in [-0.4, -0.2) is 65.6 Å². The van der Waals surface area contributed by atoms with Crippen LogP contribution in [-0.2, 0) is 9.53 Å². The summed E-state index contributed by atoms with van der Waals surface area (Å²) < 4.78 is 33.3. The largest absolute Gasteiger partial charge is 0.365 e. The fourth-order valence-corrected chi connectivity index (χ4v) is 4.45. The minimum atomic E-state index is -2.67. The Morgan fingerprint density at radius 3 is 2.85 bits per heavy atom. The summed E-state index contributed by atoms with van der Waals surface area (Å²) in [6.45, 7) is 3.56. The number of likely N-dealkylation sites (tertiary alicyclic amines) is 1. The Labute approximate surface area is 153 Å². The highest BCUT2D eigenvalue weighted by atomic mass is 32.1. The molecule has 9 heteroatoms. The standard InChI is InChI=1S/C17H20F2N4O2S/c1-11-9-26-14-13(11)20-10-21-15(14)23-6-7-25-12(8-23)16(24)22-4-2-17(18,19)3-5-22/h9-10,12H,2-8H2,1H3. The van der Waals surface area contributed by atoms with Gasteiger partial charge in [0.2, 0.25) is 0 Å². The van der Waals surface area contributed by atoms with E-state index >= 15 is 0 Å². The van der Waals surface area contributed by atoms with Crippen molar-refractivity contribution < 1.29 is 18.3 Å². The molecule has 26 heavy (non-hydrogen) atoms. The zero-order valence-corrected chi connectivity index (χ0v) is 15.3. The van der Waals surface area contributed by atoms with Gasteiger partial charge in [0, 0.05) is 32.5 Å². The summed E-state index contributed by atoms with van der Waals surface area (Å²) in [4.78, 5) is 25.0. The predicted molar refractivity (Wildman–Crippen MR) is 94.9 cm³/mol. The molecule has 2 aliphatic rings. The van der Waals surface area contributed by atoms with Crippen molar-refractivity contribution in [1.82, 2.24) is 14.9 Å². The first-order valence-electron chi connectivity index (χ1n) is 8.66. The molecular weight excluding hydrogens is 362 g/mol. The average Bonchev–Trinajstić information content (AvgIpc) is 3.03. The molecule has 0 spiro atoms. The molecule has 2 aromatic heterocycles. The Bertz CT molecular complexity index is 818. The first-order chi connectivity index (χ1) is 12.4. The lowest BCUT2D eigenvalue weighted by atomic mass is 10.1. The van der Waals surface area contributed by atoms with Crippen LogP contribution in [0.5, 0.6) is 0 Å². The van der Waals surface area contributed by atoms with E-state index in [0.29, 0.717) is 19.7 Å². The van der Waals surface area contributed by atoms with Crippen LogP contribution in [0.1, 0.15) is 18.4 Å². The van der Waals surface area contributed by atoms with Gasteiger partial charge in [-0.05, 0) is 17.9 Å². The number of nitrogens with zero attached hydrogens (tertiary/aromatic N) is 4. The third kappa shape index (κ3) is 3.25. The maximum atomic E-state index is 13.3. The maximum absolute atomic E-state index is 13.3. The Morgan fingerprint density at radius 1 is 1.31 bits per heavy atom. The first-order valence-corrected chi connectivity index (χ1v) is 9.54. The van der Waals surface area contributed by atoms with Gasteiger partial charge >= 0.3 is 0 Å². The van der Waals surface area contributed by atoms with Gasteiger partial charge in [-0.1, -0.05) is 0 Å². The lowest BCUT2D eigenvalue weighted by molar-refractivity contribution is -0.150. The quantitative estimate of drug-likeness (QED) is 0.799. The fourth-order valence-electron chi connectivity index (χ4n) is 3.43. The van der Waals surface area contributed by atoms with Crippen molar-refractivity contribution in [2.45, 2.75) is 31.8 Å². The monoisotopic (exact) mass is 382 g/mol. The zero-order valence-electron chi connectivity index (χ0n) is 14.5. The number of hydrogen-bond acceptors (Lipinski definition) is 6. The summed E-state index contributed by atoms with van der Waals surface area (Å²) >= 11 is 1.59. The predicted octanol–water partition coefficient (Wildman–Crippen LogP) is 2.46. The van der Waals surface area contributed by atoms with Crippen molar-refractivity contribution in [1.29, 1.82) is 0 Å². The van der Waals surface area contributed by atoms with E-state index in [9.17, 15) is 13.6 Å². The molecule has 4 rings (SSSR count). The molecule has 0 radical (unpaired) electrons. The van der Waals surface area contributed by atoms with Crippen molar-refractivity contribution in [2.75, 3.05) is 37.7 Å². The number of aromatic nitrogens is 2. The van der Waals surface area contributed by atoms with Crippen LogP contribution in [0.25, 0.3) is 10.2 Å². The number of fused-ring (bicyclic) bond motifs is 1. The molecule has 4 heterocycles. The molecule has 1 unspecified atom stereocenters. The lowest BCUT2D eigenvalue weighted by Crippen LogP contribution is -2.53. The Balaban J connectivity index is 1.50. The van der Waals surface area contributed by atoms with Crippen molar-refractivity contribution in [2.24, 2.45) is 0 Å². The summed E-state index contributed by atoms with van der Waals surface area (Å²) in [6, 6.07) is 0. The number of carbonyl (C=O) groups is 1. The summed E-state index contributed by atoms with van der Waals surface area (Å²) in [6.07, 6.45) is 0.324. The third-order valence-electron chi connectivity index (χ3n) is 4.96. The molecule has 2 fully saturated rings. The number of alkyl halides is 2. The molecule has 0 aromatic carbocycles. The number of hydrogen-bond donors (Lipinski definition) is 0. The summed E-state index contributed by atoms with van der Waals surface area (Å²) in [7, 11) is 0. The molecule has 0 N–H and O–H groups in total. The van der Waals surface area contributed by atoms with Gasteiger partial charge in [0.05, 0.1) is 23.4 Å². The van der Waals surface area contributed by atoms with Gasteiger partial charge in [-0.25, -0.2) is 18.7 Å². The van der Waals surface area contributed by atoms with Crippen LogP contribution in [0, 0.1) is 6.92 Å². The SMILES string of the molecule is Cc1csc2c(N3CCOC(C(=O)N4CCC(F)(F)CC4)C3)ncnc12. The van der Waals surface area contributed by atoms with Gasteiger partial charge in [0.1, 0.15) is 12.1 Å². The molecule has 2 aromatic rings. The highest BCUT2D eigenvalue weighted by Gasteiger charge is 2.38. The van der Waals surface area contributed by atoms with Crippen LogP contribution < -0.4 is 4.90 Å². The van der Waals surface area contributed by atoms with Crippen LogP contribution >= 0.6 is 11.3 Å². The number of amides is 1. The van der Waals surface area contributed by atoms with Crippen molar-refractivity contribution in [3.63, 3.8) is 0 Å². The van der Waals surface area contributed by atoms with E-state index in [1.165, 1.54) is 11.2 Å². The number of anilines is 1. The van der Waals surface area contributed by atoms with Crippen LogP contribution in [0.3, 0.4) is 0 Å². The van der Waals surface area contributed by atoms with E-state index in [4.69, 9.17) is 4.74 Å². The van der Waals surface area contributed by atoms with E-state index in [1.54, 1.807) is 11.3 Å². The number of carbonyl (C=O) groups excluding carboxylic acids is 1. The number of ether oxygens (including phenoxy) is 1. The minimum Gasteiger partial charge on any atom is -0.365 e. The molecule has 0 saturated carbocycles. The van der Waals surface area contributed by atoms with Crippen molar-refractivity contribution >= 4 is 33.3 Å². The second-order valence-corrected chi connectivity index (χ2v) is 7.66. The fraction of sp³-hybridized carbons (Fsp3) is 0.588. The van der Waals surface area contributed by atoms with E-state index < -0.39 is 12.0 Å². The topological polar surface area (TPSA) is 58.6 Å². The van der Waals surface area contributed by atoms with E-state index in [2.05, 4.69) is 9.97 Å². The summed E-state index contributed by atoms with van der Waals surface area (Å²) in [5.41, 5.74) is 2.02. The zero-order chi connectivity index (χ0) is 18.3. The van der Waals surface area contributed by atoms with Gasteiger partial charge in [0.15, 0.2) is 6.10 Å². The second-order valence-electron chi connectivity index (χ2n) is 6.78. The molecule has 1 amide bonds. The van der Waals surface area contributed by atoms with Gasteiger partial charge in [-0.2, -0.15) is 0 Å². The van der Waals surface area contributed by atoms with Crippen LogP contribution in [0.2, 0.25) is 0 Å². The average molecular weight is 382 g/mol. The van der Waals surface area contributed by atoms with Crippen LogP contribution in [0.4, 0.5) is 14.6 Å². The van der Waals surface area contributed by atoms with Gasteiger partial charge in [0.25, 0.3) is 11.8 Å². The van der Waals surface area contributed by atoms with Gasteiger partial charge in [-0.15, -0.1) is 11.3 Å². The highest BCUT2D eigenvalue weighted by molar-refractivity contribution is 7.18.